The van der Waals surface area contributed by atoms with Crippen LogP contribution in [0.25, 0.3) is 0 Å². The average molecular weight is 165 g/mol. The van der Waals surface area contributed by atoms with Gasteiger partial charge in [0, 0.05) is 31.4 Å². The first-order valence-corrected chi connectivity index (χ1v) is 4.57. The van der Waals surface area contributed by atoms with Gasteiger partial charge >= 0.3 is 0 Å². The van der Waals surface area contributed by atoms with Crippen molar-refractivity contribution in [1.29, 1.82) is 0 Å². The molecule has 0 radical (unpaired) electrons. The van der Waals surface area contributed by atoms with Gasteiger partial charge in [-0.25, -0.2) is 0 Å². The number of aromatic nitrogens is 2. The Labute approximate surface area is 73.0 Å². The van der Waals surface area contributed by atoms with Crippen molar-refractivity contribution in [2.45, 2.75) is 26.3 Å². The van der Waals surface area contributed by atoms with E-state index in [0.717, 1.165) is 5.82 Å². The zero-order valence-corrected chi connectivity index (χ0v) is 7.70. The first-order chi connectivity index (χ1) is 5.77. The Morgan fingerprint density at radius 3 is 2.58 bits per heavy atom. The highest BCUT2D eigenvalue weighted by atomic mass is 15.4. The second kappa shape index (κ2) is 2.81. The van der Waals surface area contributed by atoms with E-state index >= 15 is 0 Å². The molecule has 1 aliphatic rings. The Morgan fingerprint density at radius 2 is 2.17 bits per heavy atom. The first-order valence-electron chi connectivity index (χ1n) is 4.57. The van der Waals surface area contributed by atoms with Crippen LogP contribution in [0.1, 0.15) is 26.3 Å². The van der Waals surface area contributed by atoms with Crippen LogP contribution in [0.2, 0.25) is 0 Å². The maximum Gasteiger partial charge on any atom is 0.150 e. The highest BCUT2D eigenvalue weighted by Gasteiger charge is 2.16. The summed E-state index contributed by atoms with van der Waals surface area (Å²) in [5.74, 6) is 1.13. The van der Waals surface area contributed by atoms with Crippen molar-refractivity contribution in [3.8, 4) is 0 Å². The molecule has 0 bridgehead atoms. The molecule has 1 aromatic rings. The Balaban J connectivity index is 2.12. The minimum atomic E-state index is 0.472. The number of hydrogen-bond acceptors (Lipinski definition) is 2. The number of hydrogen-bond donors (Lipinski definition) is 0. The minimum Gasteiger partial charge on any atom is -0.355 e. The van der Waals surface area contributed by atoms with Gasteiger partial charge in [0.25, 0.3) is 0 Å². The largest absolute Gasteiger partial charge is 0.355 e. The van der Waals surface area contributed by atoms with Crippen LogP contribution in [0.3, 0.4) is 0 Å². The summed E-state index contributed by atoms with van der Waals surface area (Å²) in [5.41, 5.74) is 0. The molecule has 66 valence electrons. The lowest BCUT2D eigenvalue weighted by Crippen LogP contribution is -2.37. The van der Waals surface area contributed by atoms with Crippen LogP contribution in [-0.4, -0.2) is 22.9 Å². The van der Waals surface area contributed by atoms with Crippen LogP contribution in [0, 0.1) is 0 Å². The molecule has 1 fully saturated rings. The molecular formula is C9H15N3. The molecule has 0 atom stereocenters. The third-order valence-corrected chi connectivity index (χ3v) is 2.30. The Morgan fingerprint density at radius 1 is 1.42 bits per heavy atom. The normalized spacial score (nSPS) is 16.8. The molecule has 0 aliphatic carbocycles. The summed E-state index contributed by atoms with van der Waals surface area (Å²) in [6.45, 7) is 6.64. The second-order valence-corrected chi connectivity index (χ2v) is 3.59. The van der Waals surface area contributed by atoms with Crippen LogP contribution in [-0.2, 0) is 0 Å². The van der Waals surface area contributed by atoms with E-state index in [1.165, 1.54) is 19.5 Å². The van der Waals surface area contributed by atoms with Gasteiger partial charge in [-0.05, 0) is 20.3 Å². The van der Waals surface area contributed by atoms with Crippen molar-refractivity contribution in [1.82, 2.24) is 9.78 Å². The Bertz CT molecular complexity index is 260. The summed E-state index contributed by atoms with van der Waals surface area (Å²) in [4.78, 5) is 2.30. The first kappa shape index (κ1) is 7.65. The van der Waals surface area contributed by atoms with E-state index in [1.54, 1.807) is 0 Å². The van der Waals surface area contributed by atoms with Crippen LogP contribution in [0.4, 0.5) is 5.82 Å². The molecular weight excluding hydrogens is 150 g/mol. The van der Waals surface area contributed by atoms with Gasteiger partial charge in [-0.2, -0.15) is 5.10 Å². The lowest BCUT2D eigenvalue weighted by molar-refractivity contribution is 0.523. The van der Waals surface area contributed by atoms with Gasteiger partial charge in [0.1, 0.15) is 0 Å². The predicted molar refractivity (Wildman–Crippen MR) is 49.4 cm³/mol. The van der Waals surface area contributed by atoms with Gasteiger partial charge in [0.2, 0.25) is 0 Å². The van der Waals surface area contributed by atoms with Gasteiger partial charge in [-0.1, -0.05) is 0 Å². The Hall–Kier alpha value is -0.990. The van der Waals surface area contributed by atoms with E-state index in [2.05, 4.69) is 36.1 Å². The van der Waals surface area contributed by atoms with E-state index in [9.17, 15) is 0 Å². The summed E-state index contributed by atoms with van der Waals surface area (Å²) >= 11 is 0. The highest BCUT2D eigenvalue weighted by Crippen LogP contribution is 2.18. The molecule has 0 saturated carbocycles. The lowest BCUT2D eigenvalue weighted by Gasteiger charge is -2.30. The minimum absolute atomic E-state index is 0.472. The SMILES string of the molecule is CC(C)n1ccc(N2CCC2)n1. The number of rotatable bonds is 2. The van der Waals surface area contributed by atoms with Crippen molar-refractivity contribution in [3.05, 3.63) is 12.3 Å². The molecule has 0 amide bonds. The standard InChI is InChI=1S/C9H15N3/c1-8(2)12-7-4-9(10-12)11-5-3-6-11/h4,7-8H,3,5-6H2,1-2H3. The fourth-order valence-electron chi connectivity index (χ4n) is 1.33. The molecule has 0 spiro atoms. The van der Waals surface area contributed by atoms with Crippen molar-refractivity contribution in [3.63, 3.8) is 0 Å². The van der Waals surface area contributed by atoms with Crippen molar-refractivity contribution in [2.24, 2.45) is 0 Å². The fourth-order valence-corrected chi connectivity index (χ4v) is 1.33. The summed E-state index contributed by atoms with van der Waals surface area (Å²) in [5, 5.41) is 4.47. The van der Waals surface area contributed by atoms with Crippen LogP contribution in [0.15, 0.2) is 12.3 Å². The van der Waals surface area contributed by atoms with Crippen molar-refractivity contribution < 1.29 is 0 Å². The van der Waals surface area contributed by atoms with Gasteiger partial charge in [-0.15, -0.1) is 0 Å². The molecule has 0 unspecified atom stereocenters. The van der Waals surface area contributed by atoms with E-state index in [4.69, 9.17) is 0 Å². The fraction of sp³-hybridized carbons (Fsp3) is 0.667. The topological polar surface area (TPSA) is 21.1 Å². The zero-order chi connectivity index (χ0) is 8.55. The lowest BCUT2D eigenvalue weighted by atomic mass is 10.2. The summed E-state index contributed by atoms with van der Waals surface area (Å²) < 4.78 is 2.01. The quantitative estimate of drug-likeness (QED) is 0.664. The number of nitrogens with zero attached hydrogens (tertiary/aromatic N) is 3. The zero-order valence-electron chi connectivity index (χ0n) is 7.70. The molecule has 1 aromatic heterocycles. The molecule has 3 heteroatoms. The van der Waals surface area contributed by atoms with Crippen LogP contribution < -0.4 is 4.90 Å². The van der Waals surface area contributed by atoms with E-state index < -0.39 is 0 Å². The van der Waals surface area contributed by atoms with Gasteiger partial charge < -0.3 is 4.90 Å². The molecule has 2 rings (SSSR count). The molecule has 1 saturated heterocycles. The smallest absolute Gasteiger partial charge is 0.150 e. The Kier molecular flexibility index (Phi) is 1.79. The second-order valence-electron chi connectivity index (χ2n) is 3.59. The van der Waals surface area contributed by atoms with Gasteiger partial charge in [0.15, 0.2) is 5.82 Å². The van der Waals surface area contributed by atoms with Crippen LogP contribution in [0.5, 0.6) is 0 Å². The number of anilines is 1. The third kappa shape index (κ3) is 1.19. The molecule has 0 N–H and O–H groups in total. The van der Waals surface area contributed by atoms with Gasteiger partial charge in [-0.3, -0.25) is 4.68 Å². The van der Waals surface area contributed by atoms with E-state index in [-0.39, 0.29) is 0 Å². The van der Waals surface area contributed by atoms with Crippen molar-refractivity contribution >= 4 is 5.82 Å². The predicted octanol–water partition coefficient (Wildman–Crippen LogP) is 1.67. The maximum atomic E-state index is 4.47. The maximum absolute atomic E-state index is 4.47. The average Bonchev–Trinajstić information content (AvgIpc) is 2.32. The van der Waals surface area contributed by atoms with Gasteiger partial charge in [0.05, 0.1) is 0 Å². The monoisotopic (exact) mass is 165 g/mol. The molecule has 12 heavy (non-hydrogen) atoms. The molecule has 3 nitrogen and oxygen atoms in total. The molecule has 0 aromatic carbocycles. The summed E-state index contributed by atoms with van der Waals surface area (Å²) in [6.07, 6.45) is 3.37. The molecule has 1 aliphatic heterocycles. The summed E-state index contributed by atoms with van der Waals surface area (Å²) in [6, 6.07) is 2.57. The molecule has 2 heterocycles. The third-order valence-electron chi connectivity index (χ3n) is 2.30. The van der Waals surface area contributed by atoms with Crippen LogP contribution >= 0.6 is 0 Å². The highest BCUT2D eigenvalue weighted by molar-refractivity contribution is 5.39. The van der Waals surface area contributed by atoms with Crippen molar-refractivity contribution in [2.75, 3.05) is 18.0 Å². The summed E-state index contributed by atoms with van der Waals surface area (Å²) in [7, 11) is 0. The van der Waals surface area contributed by atoms with E-state index in [0.29, 0.717) is 6.04 Å². The van der Waals surface area contributed by atoms with E-state index in [1.807, 2.05) is 4.68 Å².